The second-order valence-corrected chi connectivity index (χ2v) is 3.94. The second-order valence-electron chi connectivity index (χ2n) is 3.94. The van der Waals surface area contributed by atoms with Gasteiger partial charge < -0.3 is 15.4 Å². The smallest absolute Gasteiger partial charge is 0.225 e. The van der Waals surface area contributed by atoms with E-state index in [1.54, 1.807) is 0 Å². The molecule has 2 unspecified atom stereocenters. The van der Waals surface area contributed by atoms with Gasteiger partial charge >= 0.3 is 0 Å². The van der Waals surface area contributed by atoms with Gasteiger partial charge in [0, 0.05) is 13.1 Å². The molecule has 0 aliphatic carbocycles. The third kappa shape index (κ3) is 2.00. The molecule has 2 atom stereocenters. The van der Waals surface area contributed by atoms with Crippen molar-refractivity contribution in [2.24, 2.45) is 5.92 Å². The molecule has 2 rings (SSSR count). The van der Waals surface area contributed by atoms with E-state index in [1.165, 1.54) is 0 Å². The maximum absolute atomic E-state index is 11.6. The maximum atomic E-state index is 11.6. The van der Waals surface area contributed by atoms with E-state index in [-0.39, 0.29) is 17.9 Å². The molecule has 2 aliphatic rings. The number of rotatable bonds is 2. The van der Waals surface area contributed by atoms with Crippen LogP contribution in [0.1, 0.15) is 13.3 Å². The van der Waals surface area contributed by atoms with E-state index in [2.05, 4.69) is 10.6 Å². The number of nitrogens with one attached hydrogen (secondary N) is 2. The molecule has 0 aromatic heterocycles. The molecule has 1 amide bonds. The Labute approximate surface area is 78.0 Å². The molecule has 0 aromatic carbocycles. The fourth-order valence-corrected chi connectivity index (χ4v) is 1.71. The number of carbonyl (C=O) groups is 1. The molecular formula is C9H16N2O2. The summed E-state index contributed by atoms with van der Waals surface area (Å²) in [6.07, 6.45) is 1.11. The molecule has 2 N–H and O–H groups in total. The summed E-state index contributed by atoms with van der Waals surface area (Å²) >= 11 is 0. The van der Waals surface area contributed by atoms with Crippen LogP contribution in [-0.4, -0.2) is 37.7 Å². The highest BCUT2D eigenvalue weighted by Gasteiger charge is 2.30. The van der Waals surface area contributed by atoms with Crippen LogP contribution >= 0.6 is 0 Å². The fourth-order valence-electron chi connectivity index (χ4n) is 1.71. The van der Waals surface area contributed by atoms with Crippen LogP contribution in [0.4, 0.5) is 0 Å². The largest absolute Gasteiger partial charge is 0.378 e. The molecule has 4 heteroatoms. The zero-order valence-corrected chi connectivity index (χ0v) is 7.88. The van der Waals surface area contributed by atoms with Crippen molar-refractivity contribution in [2.45, 2.75) is 25.5 Å². The minimum Gasteiger partial charge on any atom is -0.378 e. The van der Waals surface area contributed by atoms with Crippen molar-refractivity contribution in [3.63, 3.8) is 0 Å². The Balaban J connectivity index is 1.76. The third-order valence-corrected chi connectivity index (χ3v) is 2.70. The number of amides is 1. The van der Waals surface area contributed by atoms with Crippen molar-refractivity contribution < 1.29 is 9.53 Å². The highest BCUT2D eigenvalue weighted by Crippen LogP contribution is 2.19. The monoisotopic (exact) mass is 184 g/mol. The predicted molar refractivity (Wildman–Crippen MR) is 48.3 cm³/mol. The summed E-state index contributed by atoms with van der Waals surface area (Å²) in [5, 5.41) is 6.12. The Kier molecular flexibility index (Phi) is 2.51. The van der Waals surface area contributed by atoms with Crippen LogP contribution in [0.25, 0.3) is 0 Å². The molecule has 2 heterocycles. The summed E-state index contributed by atoms with van der Waals surface area (Å²) in [5.74, 6) is 0.242. The molecule has 0 aromatic rings. The van der Waals surface area contributed by atoms with Gasteiger partial charge in [0.25, 0.3) is 0 Å². The van der Waals surface area contributed by atoms with Gasteiger partial charge in [0.2, 0.25) is 5.91 Å². The van der Waals surface area contributed by atoms with E-state index in [1.807, 2.05) is 6.92 Å². The predicted octanol–water partition coefficient (Wildman–Crippen LogP) is -0.501. The van der Waals surface area contributed by atoms with Gasteiger partial charge in [-0.2, -0.15) is 0 Å². The summed E-state index contributed by atoms with van der Waals surface area (Å²) in [4.78, 5) is 11.6. The summed E-state index contributed by atoms with van der Waals surface area (Å²) in [7, 11) is 0. The van der Waals surface area contributed by atoms with E-state index in [4.69, 9.17) is 4.74 Å². The van der Waals surface area contributed by atoms with Crippen LogP contribution in [0.2, 0.25) is 0 Å². The van der Waals surface area contributed by atoms with Gasteiger partial charge in [-0.15, -0.1) is 0 Å². The molecule has 0 saturated carbocycles. The lowest BCUT2D eigenvalue weighted by Crippen LogP contribution is -2.58. The number of hydrogen-bond donors (Lipinski definition) is 2. The van der Waals surface area contributed by atoms with E-state index in [0.29, 0.717) is 12.6 Å². The first kappa shape index (κ1) is 8.97. The summed E-state index contributed by atoms with van der Waals surface area (Å²) in [6, 6.07) is 0.350. The Morgan fingerprint density at radius 2 is 2.31 bits per heavy atom. The molecule has 0 spiro atoms. The van der Waals surface area contributed by atoms with Crippen molar-refractivity contribution in [3.8, 4) is 0 Å². The third-order valence-electron chi connectivity index (χ3n) is 2.70. The minimum atomic E-state index is 0.0793. The van der Waals surface area contributed by atoms with Crippen LogP contribution in [0.5, 0.6) is 0 Å². The Hall–Kier alpha value is -0.610. The SMILES string of the molecule is CC1CC(C(=O)NC2CNC2)CO1. The van der Waals surface area contributed by atoms with Gasteiger partial charge in [0.15, 0.2) is 0 Å². The van der Waals surface area contributed by atoms with Gasteiger partial charge in [-0.05, 0) is 13.3 Å². The Morgan fingerprint density at radius 1 is 1.54 bits per heavy atom. The van der Waals surface area contributed by atoms with Gasteiger partial charge in [-0.1, -0.05) is 0 Å². The van der Waals surface area contributed by atoms with Crippen molar-refractivity contribution in [2.75, 3.05) is 19.7 Å². The minimum absolute atomic E-state index is 0.0793. The quantitative estimate of drug-likeness (QED) is 0.608. The molecule has 2 aliphatic heterocycles. The zero-order chi connectivity index (χ0) is 9.26. The lowest BCUT2D eigenvalue weighted by molar-refractivity contribution is -0.126. The lowest BCUT2D eigenvalue weighted by Gasteiger charge is -2.28. The Bertz CT molecular complexity index is 204. The number of hydrogen-bond acceptors (Lipinski definition) is 3. The average molecular weight is 184 g/mol. The summed E-state index contributed by atoms with van der Waals surface area (Å²) < 4.78 is 5.34. The number of ether oxygens (including phenoxy) is 1. The van der Waals surface area contributed by atoms with E-state index >= 15 is 0 Å². The zero-order valence-electron chi connectivity index (χ0n) is 7.88. The van der Waals surface area contributed by atoms with Crippen molar-refractivity contribution in [1.82, 2.24) is 10.6 Å². The summed E-state index contributed by atoms with van der Waals surface area (Å²) in [5.41, 5.74) is 0. The molecule has 13 heavy (non-hydrogen) atoms. The highest BCUT2D eigenvalue weighted by atomic mass is 16.5. The summed E-state index contributed by atoms with van der Waals surface area (Å²) in [6.45, 7) is 4.43. The van der Waals surface area contributed by atoms with Crippen LogP contribution in [0.15, 0.2) is 0 Å². The molecule has 74 valence electrons. The highest BCUT2D eigenvalue weighted by molar-refractivity contribution is 5.79. The molecule has 4 nitrogen and oxygen atoms in total. The first-order valence-corrected chi connectivity index (χ1v) is 4.88. The van der Waals surface area contributed by atoms with Crippen LogP contribution in [0, 0.1) is 5.92 Å². The Morgan fingerprint density at radius 3 is 2.77 bits per heavy atom. The van der Waals surface area contributed by atoms with Gasteiger partial charge in [0.1, 0.15) is 0 Å². The molecule has 2 saturated heterocycles. The fraction of sp³-hybridized carbons (Fsp3) is 0.889. The molecular weight excluding hydrogens is 168 g/mol. The van der Waals surface area contributed by atoms with Crippen molar-refractivity contribution in [1.29, 1.82) is 0 Å². The molecule has 0 bridgehead atoms. The van der Waals surface area contributed by atoms with E-state index < -0.39 is 0 Å². The first-order valence-electron chi connectivity index (χ1n) is 4.88. The van der Waals surface area contributed by atoms with Crippen molar-refractivity contribution >= 4 is 5.91 Å². The standard InChI is InChI=1S/C9H16N2O2/c1-6-2-7(5-13-6)9(12)11-8-3-10-4-8/h6-8,10H,2-5H2,1H3,(H,11,12). The van der Waals surface area contributed by atoms with Gasteiger partial charge in [-0.3, -0.25) is 4.79 Å². The molecule has 0 radical (unpaired) electrons. The van der Waals surface area contributed by atoms with Crippen LogP contribution in [0.3, 0.4) is 0 Å². The number of carbonyl (C=O) groups excluding carboxylic acids is 1. The van der Waals surface area contributed by atoms with Gasteiger partial charge in [-0.25, -0.2) is 0 Å². The van der Waals surface area contributed by atoms with E-state index in [0.717, 1.165) is 19.5 Å². The molecule has 2 fully saturated rings. The topological polar surface area (TPSA) is 50.4 Å². The second kappa shape index (κ2) is 3.64. The normalized spacial score (nSPS) is 34.2. The van der Waals surface area contributed by atoms with Crippen molar-refractivity contribution in [3.05, 3.63) is 0 Å². The van der Waals surface area contributed by atoms with Gasteiger partial charge in [0.05, 0.1) is 24.7 Å². The first-order chi connectivity index (χ1) is 6.25. The average Bonchev–Trinajstić information content (AvgIpc) is 2.44. The lowest BCUT2D eigenvalue weighted by atomic mass is 10.0. The van der Waals surface area contributed by atoms with E-state index in [9.17, 15) is 4.79 Å². The van der Waals surface area contributed by atoms with Crippen LogP contribution < -0.4 is 10.6 Å². The maximum Gasteiger partial charge on any atom is 0.225 e. The van der Waals surface area contributed by atoms with Crippen LogP contribution in [-0.2, 0) is 9.53 Å².